The van der Waals surface area contributed by atoms with E-state index in [1.54, 1.807) is 6.92 Å². The molecular weight excluding hydrogens is 234 g/mol. The predicted octanol–water partition coefficient (Wildman–Crippen LogP) is 0.989. The lowest BCUT2D eigenvalue weighted by molar-refractivity contribution is -0.132. The van der Waals surface area contributed by atoms with E-state index in [4.69, 9.17) is 4.74 Å². The van der Waals surface area contributed by atoms with Crippen LogP contribution in [0.2, 0.25) is 0 Å². The highest BCUT2D eigenvalue weighted by Crippen LogP contribution is 2.12. The fourth-order valence-electron chi connectivity index (χ4n) is 1.69. The molecule has 98 valence electrons. The third-order valence-corrected chi connectivity index (χ3v) is 2.57. The Labute approximate surface area is 98.1 Å². The summed E-state index contributed by atoms with van der Waals surface area (Å²) in [4.78, 5) is 23.6. The highest BCUT2D eigenvalue weighted by atomic mass is 19.3. The Morgan fingerprint density at radius 1 is 1.41 bits per heavy atom. The number of carbonyl (C=O) groups is 2. The van der Waals surface area contributed by atoms with Gasteiger partial charge < -0.3 is 15.0 Å². The summed E-state index contributed by atoms with van der Waals surface area (Å²) in [5.41, 5.74) is 0. The molecule has 0 atom stereocenters. The molecule has 7 heteroatoms. The molecule has 0 aliphatic carbocycles. The van der Waals surface area contributed by atoms with Gasteiger partial charge in [-0.15, -0.1) is 0 Å². The molecule has 5 nitrogen and oxygen atoms in total. The summed E-state index contributed by atoms with van der Waals surface area (Å²) in [6, 6.07) is -0.290. The molecule has 0 aromatic heterocycles. The lowest BCUT2D eigenvalue weighted by Crippen LogP contribution is -2.47. The highest BCUT2D eigenvalue weighted by molar-refractivity contribution is 5.79. The van der Waals surface area contributed by atoms with Crippen molar-refractivity contribution in [3.05, 3.63) is 0 Å². The Bertz CT molecular complexity index is 279. The van der Waals surface area contributed by atoms with Crippen LogP contribution in [0.25, 0.3) is 0 Å². The average molecular weight is 250 g/mol. The number of nitrogens with zero attached hydrogens (tertiary/aromatic N) is 1. The lowest BCUT2D eigenvalue weighted by Gasteiger charge is -2.31. The fraction of sp³-hybridized carbons (Fsp3) is 0.800. The molecule has 0 saturated carbocycles. The molecule has 0 radical (unpaired) electrons. The van der Waals surface area contributed by atoms with Crippen LogP contribution in [-0.4, -0.2) is 49.1 Å². The molecule has 0 spiro atoms. The second-order valence-corrected chi connectivity index (χ2v) is 3.77. The van der Waals surface area contributed by atoms with Crippen LogP contribution in [0.15, 0.2) is 0 Å². The van der Waals surface area contributed by atoms with Crippen molar-refractivity contribution in [1.29, 1.82) is 0 Å². The van der Waals surface area contributed by atoms with Crippen LogP contribution >= 0.6 is 0 Å². The summed E-state index contributed by atoms with van der Waals surface area (Å²) in [7, 11) is 0. The molecule has 1 saturated heterocycles. The van der Waals surface area contributed by atoms with Crippen LogP contribution in [-0.2, 0) is 9.53 Å². The molecule has 1 heterocycles. The largest absolute Gasteiger partial charge is 0.450 e. The Hall–Kier alpha value is -1.40. The molecule has 0 bridgehead atoms. The van der Waals surface area contributed by atoms with Crippen molar-refractivity contribution in [2.75, 3.05) is 19.7 Å². The van der Waals surface area contributed by atoms with Gasteiger partial charge in [-0.2, -0.15) is 8.78 Å². The molecular formula is C10H16F2N2O3. The zero-order valence-electron chi connectivity index (χ0n) is 9.62. The van der Waals surface area contributed by atoms with E-state index in [1.165, 1.54) is 4.90 Å². The molecule has 17 heavy (non-hydrogen) atoms. The molecule has 1 fully saturated rings. The topological polar surface area (TPSA) is 58.6 Å². The summed E-state index contributed by atoms with van der Waals surface area (Å²) in [5.74, 6) is -1.25. The van der Waals surface area contributed by atoms with Crippen LogP contribution in [0.3, 0.4) is 0 Å². The van der Waals surface area contributed by atoms with Gasteiger partial charge in [-0.1, -0.05) is 0 Å². The van der Waals surface area contributed by atoms with Crippen LogP contribution in [0.4, 0.5) is 13.6 Å². The number of hydrogen-bond acceptors (Lipinski definition) is 3. The highest BCUT2D eigenvalue weighted by Gasteiger charge is 2.26. The van der Waals surface area contributed by atoms with Crippen molar-refractivity contribution in [2.24, 2.45) is 0 Å². The van der Waals surface area contributed by atoms with E-state index >= 15 is 0 Å². The van der Waals surface area contributed by atoms with E-state index in [2.05, 4.69) is 5.32 Å². The van der Waals surface area contributed by atoms with Crippen molar-refractivity contribution in [3.8, 4) is 0 Å². The smallest absolute Gasteiger partial charge is 0.409 e. The van der Waals surface area contributed by atoms with Gasteiger partial charge in [0.15, 0.2) is 0 Å². The number of alkyl halides is 2. The number of hydrogen-bond donors (Lipinski definition) is 1. The van der Waals surface area contributed by atoms with Gasteiger partial charge in [-0.25, -0.2) is 4.79 Å². The second kappa shape index (κ2) is 6.36. The summed E-state index contributed by atoms with van der Waals surface area (Å²) in [6.45, 7) is 2.84. The Morgan fingerprint density at radius 3 is 2.47 bits per heavy atom. The quantitative estimate of drug-likeness (QED) is 0.812. The molecule has 1 rings (SSSR count). The predicted molar refractivity (Wildman–Crippen MR) is 55.8 cm³/mol. The minimum atomic E-state index is -2.99. The first-order chi connectivity index (χ1) is 8.04. The summed E-state index contributed by atoms with van der Waals surface area (Å²) in [5, 5.41) is 2.24. The molecule has 1 aliphatic rings. The Morgan fingerprint density at radius 2 is 2.00 bits per heavy atom. The molecule has 0 aromatic rings. The molecule has 2 amide bonds. The zero-order chi connectivity index (χ0) is 12.8. The summed E-state index contributed by atoms with van der Waals surface area (Å²) >= 11 is 0. The van der Waals surface area contributed by atoms with E-state index in [0.29, 0.717) is 32.5 Å². The van der Waals surface area contributed by atoms with E-state index in [1.807, 2.05) is 0 Å². The first-order valence-electron chi connectivity index (χ1n) is 5.54. The van der Waals surface area contributed by atoms with Crippen molar-refractivity contribution in [3.63, 3.8) is 0 Å². The van der Waals surface area contributed by atoms with Crippen LogP contribution in [0.1, 0.15) is 19.8 Å². The fourth-order valence-corrected chi connectivity index (χ4v) is 1.69. The van der Waals surface area contributed by atoms with Crippen LogP contribution in [0, 0.1) is 0 Å². The minimum absolute atomic E-state index is 0.290. The van der Waals surface area contributed by atoms with Gasteiger partial charge in [0.1, 0.15) is 0 Å². The first kappa shape index (κ1) is 13.7. The van der Waals surface area contributed by atoms with Gasteiger partial charge in [0.05, 0.1) is 6.61 Å². The lowest BCUT2D eigenvalue weighted by atomic mass is 10.1. The average Bonchev–Trinajstić information content (AvgIpc) is 2.30. The maximum atomic E-state index is 12.0. The number of amides is 2. The van der Waals surface area contributed by atoms with Gasteiger partial charge in [-0.3, -0.25) is 4.79 Å². The Balaban J connectivity index is 2.31. The molecule has 1 N–H and O–H groups in total. The molecule has 0 unspecified atom stereocenters. The standard InChI is InChI=1S/C10H16F2N2O3/c1-2-17-10(16)14-5-3-7(4-6-14)13-9(15)8(11)12/h7-8H,2-6H2,1H3,(H,13,15). The maximum Gasteiger partial charge on any atom is 0.409 e. The van der Waals surface area contributed by atoms with Gasteiger partial charge >= 0.3 is 12.5 Å². The van der Waals surface area contributed by atoms with Crippen LogP contribution < -0.4 is 5.32 Å². The van der Waals surface area contributed by atoms with Crippen molar-refractivity contribution in [2.45, 2.75) is 32.2 Å². The maximum absolute atomic E-state index is 12.0. The van der Waals surface area contributed by atoms with Gasteiger partial charge in [0.2, 0.25) is 0 Å². The van der Waals surface area contributed by atoms with Crippen molar-refractivity contribution in [1.82, 2.24) is 10.2 Å². The number of ether oxygens (including phenoxy) is 1. The molecule has 0 aromatic carbocycles. The van der Waals surface area contributed by atoms with Gasteiger partial charge in [0, 0.05) is 19.1 Å². The number of likely N-dealkylation sites (tertiary alicyclic amines) is 1. The van der Waals surface area contributed by atoms with E-state index in [0.717, 1.165) is 0 Å². The number of nitrogens with one attached hydrogen (secondary N) is 1. The Kier molecular flexibility index (Phi) is 5.11. The summed E-state index contributed by atoms with van der Waals surface area (Å²) < 4.78 is 28.8. The molecule has 1 aliphatic heterocycles. The first-order valence-corrected chi connectivity index (χ1v) is 5.54. The van der Waals surface area contributed by atoms with Crippen LogP contribution in [0.5, 0.6) is 0 Å². The number of piperidine rings is 1. The minimum Gasteiger partial charge on any atom is -0.450 e. The van der Waals surface area contributed by atoms with E-state index < -0.39 is 18.4 Å². The monoisotopic (exact) mass is 250 g/mol. The van der Waals surface area contributed by atoms with Crippen molar-refractivity contribution >= 4 is 12.0 Å². The third kappa shape index (κ3) is 4.16. The SMILES string of the molecule is CCOC(=O)N1CCC(NC(=O)C(F)F)CC1. The number of carbonyl (C=O) groups excluding carboxylic acids is 2. The van der Waals surface area contributed by atoms with Crippen molar-refractivity contribution < 1.29 is 23.1 Å². The summed E-state index contributed by atoms with van der Waals surface area (Å²) in [6.07, 6.45) is -2.45. The number of rotatable bonds is 3. The van der Waals surface area contributed by atoms with Gasteiger partial charge in [-0.05, 0) is 19.8 Å². The normalized spacial score (nSPS) is 17.1. The van der Waals surface area contributed by atoms with Gasteiger partial charge in [0.25, 0.3) is 5.91 Å². The zero-order valence-corrected chi connectivity index (χ0v) is 9.62. The van der Waals surface area contributed by atoms with E-state index in [9.17, 15) is 18.4 Å². The van der Waals surface area contributed by atoms with E-state index in [-0.39, 0.29) is 6.04 Å². The second-order valence-electron chi connectivity index (χ2n) is 3.77. The number of halogens is 2. The third-order valence-electron chi connectivity index (χ3n) is 2.57.